The first kappa shape index (κ1) is 20.2. The molecule has 0 radical (unpaired) electrons. The predicted molar refractivity (Wildman–Crippen MR) is 101 cm³/mol. The van der Waals surface area contributed by atoms with Gasteiger partial charge in [-0.25, -0.2) is 14.2 Å². The molecule has 0 aliphatic rings. The van der Waals surface area contributed by atoms with Gasteiger partial charge in [-0.1, -0.05) is 0 Å². The lowest BCUT2D eigenvalue weighted by molar-refractivity contribution is -0.147. The van der Waals surface area contributed by atoms with Crippen LogP contribution in [0, 0.1) is 5.82 Å². The SMILES string of the molecule is CC(Cn1cnc2c1c(=O)n(C)c(=O)n2C)OC(=O)CC(=O)c1ccc(F)cc1. The molecule has 0 aliphatic carbocycles. The van der Waals surface area contributed by atoms with Gasteiger partial charge in [-0.05, 0) is 31.2 Å². The Labute approximate surface area is 164 Å². The first-order valence-corrected chi connectivity index (χ1v) is 8.78. The summed E-state index contributed by atoms with van der Waals surface area (Å²) < 4.78 is 21.9. The van der Waals surface area contributed by atoms with Gasteiger partial charge >= 0.3 is 11.7 Å². The molecule has 1 aromatic carbocycles. The Morgan fingerprint density at radius 1 is 1.14 bits per heavy atom. The van der Waals surface area contributed by atoms with E-state index in [9.17, 15) is 23.6 Å². The molecule has 0 saturated carbocycles. The smallest absolute Gasteiger partial charge is 0.332 e. The summed E-state index contributed by atoms with van der Waals surface area (Å²) in [5, 5.41) is 0. The zero-order valence-corrected chi connectivity index (χ0v) is 16.1. The number of esters is 1. The van der Waals surface area contributed by atoms with Crippen molar-refractivity contribution in [2.45, 2.75) is 26.0 Å². The molecular weight excluding hydrogens is 383 g/mol. The number of aromatic nitrogens is 4. The highest BCUT2D eigenvalue weighted by Gasteiger charge is 2.19. The third-order valence-corrected chi connectivity index (χ3v) is 4.47. The van der Waals surface area contributed by atoms with Gasteiger partial charge in [0.2, 0.25) is 0 Å². The van der Waals surface area contributed by atoms with Gasteiger partial charge in [-0.15, -0.1) is 0 Å². The number of rotatable bonds is 6. The second-order valence-corrected chi connectivity index (χ2v) is 6.68. The van der Waals surface area contributed by atoms with Gasteiger partial charge in [-0.3, -0.25) is 23.5 Å². The second-order valence-electron chi connectivity index (χ2n) is 6.68. The van der Waals surface area contributed by atoms with Crippen LogP contribution in [0.3, 0.4) is 0 Å². The van der Waals surface area contributed by atoms with Crippen LogP contribution in [0.4, 0.5) is 4.39 Å². The number of ether oxygens (including phenoxy) is 1. The van der Waals surface area contributed by atoms with Crippen molar-refractivity contribution in [2.75, 3.05) is 0 Å². The Morgan fingerprint density at radius 3 is 2.45 bits per heavy atom. The molecular formula is C19H19FN4O5. The maximum Gasteiger partial charge on any atom is 0.332 e. The highest BCUT2D eigenvalue weighted by atomic mass is 19.1. The number of imidazole rings is 1. The lowest BCUT2D eigenvalue weighted by Gasteiger charge is -2.14. The van der Waals surface area contributed by atoms with Crippen molar-refractivity contribution >= 4 is 22.9 Å². The highest BCUT2D eigenvalue weighted by molar-refractivity contribution is 6.05. The molecule has 0 N–H and O–H groups in total. The van der Waals surface area contributed by atoms with Crippen molar-refractivity contribution in [3.8, 4) is 0 Å². The van der Waals surface area contributed by atoms with Crippen molar-refractivity contribution in [2.24, 2.45) is 14.1 Å². The van der Waals surface area contributed by atoms with E-state index in [1.54, 1.807) is 6.92 Å². The number of hydrogen-bond acceptors (Lipinski definition) is 6. The van der Waals surface area contributed by atoms with Crippen LogP contribution in [-0.2, 0) is 30.2 Å². The normalized spacial score (nSPS) is 12.1. The van der Waals surface area contributed by atoms with E-state index >= 15 is 0 Å². The van der Waals surface area contributed by atoms with Crippen LogP contribution < -0.4 is 11.2 Å². The van der Waals surface area contributed by atoms with Gasteiger partial charge in [-0.2, -0.15) is 0 Å². The minimum Gasteiger partial charge on any atom is -0.460 e. The molecule has 0 fully saturated rings. The first-order valence-electron chi connectivity index (χ1n) is 8.78. The van der Waals surface area contributed by atoms with Gasteiger partial charge in [0, 0.05) is 19.7 Å². The molecule has 10 heteroatoms. The summed E-state index contributed by atoms with van der Waals surface area (Å²) in [7, 11) is 2.87. The van der Waals surface area contributed by atoms with E-state index in [2.05, 4.69) is 4.98 Å². The summed E-state index contributed by atoms with van der Waals surface area (Å²) in [6.45, 7) is 1.72. The molecule has 3 aromatic rings. The summed E-state index contributed by atoms with van der Waals surface area (Å²) in [6, 6.07) is 4.87. The number of Topliss-reactive ketones (excluding diaryl/α,β-unsaturated/α-hetero) is 1. The number of hydrogen-bond donors (Lipinski definition) is 0. The van der Waals surface area contributed by atoms with Crippen molar-refractivity contribution in [1.29, 1.82) is 0 Å². The molecule has 152 valence electrons. The summed E-state index contributed by atoms with van der Waals surface area (Å²) in [6.07, 6.45) is 0.235. The minimum atomic E-state index is -0.739. The van der Waals surface area contributed by atoms with E-state index in [1.165, 1.54) is 41.7 Å². The fourth-order valence-electron chi connectivity index (χ4n) is 2.98. The molecule has 2 aromatic heterocycles. The molecule has 29 heavy (non-hydrogen) atoms. The van der Waals surface area contributed by atoms with Gasteiger partial charge in [0.1, 0.15) is 18.3 Å². The van der Waals surface area contributed by atoms with Crippen LogP contribution in [0.15, 0.2) is 40.2 Å². The average molecular weight is 402 g/mol. The van der Waals surface area contributed by atoms with E-state index in [4.69, 9.17) is 4.74 Å². The maximum atomic E-state index is 12.9. The standard InChI is InChI=1S/C19H19FN4O5/c1-11(29-15(26)8-14(25)12-4-6-13(20)7-5-12)9-24-10-21-17-16(24)18(27)23(3)19(28)22(17)2/h4-7,10-11H,8-9H2,1-3H3. The summed E-state index contributed by atoms with van der Waals surface area (Å²) in [4.78, 5) is 52.6. The number of halogens is 1. The molecule has 0 bridgehead atoms. The molecule has 2 heterocycles. The molecule has 0 spiro atoms. The Kier molecular flexibility index (Phi) is 5.44. The zero-order valence-electron chi connectivity index (χ0n) is 16.1. The second kappa shape index (κ2) is 7.82. The van der Waals surface area contributed by atoms with Crippen LogP contribution in [0.1, 0.15) is 23.7 Å². The molecule has 1 unspecified atom stereocenters. The number of nitrogens with zero attached hydrogens (tertiary/aromatic N) is 4. The first-order chi connectivity index (χ1) is 13.7. The number of ketones is 1. The molecule has 0 saturated heterocycles. The monoisotopic (exact) mass is 402 g/mol. The fourth-order valence-corrected chi connectivity index (χ4v) is 2.98. The number of benzene rings is 1. The highest BCUT2D eigenvalue weighted by Crippen LogP contribution is 2.10. The van der Waals surface area contributed by atoms with Crippen molar-refractivity contribution < 1.29 is 18.7 Å². The predicted octanol–water partition coefficient (Wildman–Crippen LogP) is 0.777. The van der Waals surface area contributed by atoms with Gasteiger partial charge < -0.3 is 9.30 Å². The number of fused-ring (bicyclic) bond motifs is 1. The molecule has 0 amide bonds. The van der Waals surface area contributed by atoms with Crippen molar-refractivity contribution in [3.63, 3.8) is 0 Å². The molecule has 0 aliphatic heterocycles. The van der Waals surface area contributed by atoms with Gasteiger partial charge in [0.25, 0.3) is 5.56 Å². The van der Waals surface area contributed by atoms with Crippen LogP contribution >= 0.6 is 0 Å². The number of aryl methyl sites for hydroxylation is 1. The van der Waals surface area contributed by atoms with Crippen LogP contribution in [0.2, 0.25) is 0 Å². The van der Waals surface area contributed by atoms with E-state index in [-0.39, 0.29) is 23.3 Å². The maximum absolute atomic E-state index is 12.9. The zero-order chi connectivity index (χ0) is 21.3. The van der Waals surface area contributed by atoms with Gasteiger partial charge in [0.15, 0.2) is 16.9 Å². The molecule has 3 rings (SSSR count). The molecule has 1 atom stereocenters. The Hall–Kier alpha value is -3.56. The summed E-state index contributed by atoms with van der Waals surface area (Å²) in [5.74, 6) is -1.70. The van der Waals surface area contributed by atoms with E-state index in [1.807, 2.05) is 0 Å². The van der Waals surface area contributed by atoms with Crippen molar-refractivity contribution in [3.05, 3.63) is 62.8 Å². The van der Waals surface area contributed by atoms with Crippen LogP contribution in [-0.4, -0.2) is 36.5 Å². The van der Waals surface area contributed by atoms with E-state index in [0.29, 0.717) is 0 Å². The Balaban J connectivity index is 1.71. The number of carbonyl (C=O) groups is 2. The van der Waals surface area contributed by atoms with Crippen molar-refractivity contribution in [1.82, 2.24) is 18.7 Å². The minimum absolute atomic E-state index is 0.112. The van der Waals surface area contributed by atoms with Gasteiger partial charge in [0.05, 0.1) is 12.9 Å². The molecule has 9 nitrogen and oxygen atoms in total. The largest absolute Gasteiger partial charge is 0.460 e. The number of carbonyl (C=O) groups excluding carboxylic acids is 2. The topological polar surface area (TPSA) is 105 Å². The Morgan fingerprint density at radius 2 is 1.79 bits per heavy atom. The average Bonchev–Trinajstić information content (AvgIpc) is 3.08. The van der Waals surface area contributed by atoms with Crippen LogP contribution in [0.5, 0.6) is 0 Å². The van der Waals surface area contributed by atoms with E-state index < -0.39 is 41.3 Å². The third kappa shape index (κ3) is 4.00. The summed E-state index contributed by atoms with van der Waals surface area (Å²) >= 11 is 0. The fraction of sp³-hybridized carbons (Fsp3) is 0.316. The van der Waals surface area contributed by atoms with Crippen LogP contribution in [0.25, 0.3) is 11.2 Å². The summed E-state index contributed by atoms with van der Waals surface area (Å²) in [5.41, 5.74) is -0.360. The Bertz CT molecular complexity index is 1210. The lowest BCUT2D eigenvalue weighted by atomic mass is 10.1. The van der Waals surface area contributed by atoms with E-state index in [0.717, 1.165) is 16.7 Å². The lowest BCUT2D eigenvalue weighted by Crippen LogP contribution is -2.37. The third-order valence-electron chi connectivity index (χ3n) is 4.47. The quantitative estimate of drug-likeness (QED) is 0.343.